The summed E-state index contributed by atoms with van der Waals surface area (Å²) in [5.41, 5.74) is 1.22. The summed E-state index contributed by atoms with van der Waals surface area (Å²) in [4.78, 5) is 0. The summed E-state index contributed by atoms with van der Waals surface area (Å²) in [5, 5.41) is 12.8. The Hall–Kier alpha value is -0.930. The van der Waals surface area contributed by atoms with Crippen LogP contribution in [0.2, 0.25) is 0 Å². The molecule has 2 nitrogen and oxygen atoms in total. The third-order valence-electron chi connectivity index (χ3n) is 3.59. The predicted octanol–water partition coefficient (Wildman–Crippen LogP) is 2.43. The van der Waals surface area contributed by atoms with Gasteiger partial charge in [-0.1, -0.05) is 19.1 Å². The quantitative estimate of drug-likeness (QED) is 0.824. The third kappa shape index (κ3) is 3.27. The van der Waals surface area contributed by atoms with Gasteiger partial charge in [0, 0.05) is 12.6 Å². The second-order valence-corrected chi connectivity index (χ2v) is 4.89. The van der Waals surface area contributed by atoms with E-state index in [4.69, 9.17) is 0 Å². The van der Waals surface area contributed by atoms with Crippen LogP contribution in [0, 0.1) is 5.82 Å². The van der Waals surface area contributed by atoms with E-state index >= 15 is 0 Å². The first-order chi connectivity index (χ1) is 8.19. The van der Waals surface area contributed by atoms with E-state index in [0.717, 1.165) is 19.3 Å². The van der Waals surface area contributed by atoms with E-state index in [1.165, 1.54) is 17.7 Å². The highest BCUT2D eigenvalue weighted by molar-refractivity contribution is 5.23. The zero-order valence-corrected chi connectivity index (χ0v) is 10.2. The third-order valence-corrected chi connectivity index (χ3v) is 3.59. The molecule has 1 saturated carbocycles. The number of hydrogen-bond acceptors (Lipinski definition) is 2. The number of hydrogen-bond donors (Lipinski definition) is 2. The molecule has 0 saturated heterocycles. The topological polar surface area (TPSA) is 32.3 Å². The molecular weight excluding hydrogens is 217 g/mol. The largest absolute Gasteiger partial charge is 0.392 e. The van der Waals surface area contributed by atoms with Crippen LogP contribution in [-0.4, -0.2) is 23.8 Å². The van der Waals surface area contributed by atoms with E-state index in [1.54, 1.807) is 0 Å². The molecule has 2 rings (SSSR count). The maximum atomic E-state index is 12.8. The van der Waals surface area contributed by atoms with Gasteiger partial charge in [-0.05, 0) is 42.9 Å². The molecule has 1 aliphatic rings. The van der Waals surface area contributed by atoms with Crippen molar-refractivity contribution in [2.45, 2.75) is 44.2 Å². The molecule has 1 aromatic carbocycles. The molecule has 1 fully saturated rings. The Morgan fingerprint density at radius 2 is 2.00 bits per heavy atom. The Labute approximate surface area is 102 Å². The molecule has 1 unspecified atom stereocenters. The average molecular weight is 237 g/mol. The molecule has 1 aromatic rings. The van der Waals surface area contributed by atoms with Gasteiger partial charge in [0.2, 0.25) is 0 Å². The Balaban J connectivity index is 1.73. The molecule has 17 heavy (non-hydrogen) atoms. The number of rotatable bonds is 5. The van der Waals surface area contributed by atoms with Crippen LogP contribution in [0.5, 0.6) is 0 Å². The molecule has 0 aliphatic heterocycles. The van der Waals surface area contributed by atoms with Gasteiger partial charge >= 0.3 is 0 Å². The molecule has 0 amide bonds. The Kier molecular flexibility index (Phi) is 4.13. The summed E-state index contributed by atoms with van der Waals surface area (Å²) in [6.07, 6.45) is 2.73. The van der Waals surface area contributed by atoms with Gasteiger partial charge in [-0.2, -0.15) is 0 Å². The van der Waals surface area contributed by atoms with Crippen LogP contribution < -0.4 is 5.32 Å². The van der Waals surface area contributed by atoms with Crippen LogP contribution >= 0.6 is 0 Å². The van der Waals surface area contributed by atoms with E-state index in [2.05, 4.69) is 5.32 Å². The molecule has 0 bridgehead atoms. The van der Waals surface area contributed by atoms with Crippen LogP contribution in [0.3, 0.4) is 0 Å². The van der Waals surface area contributed by atoms with E-state index in [-0.39, 0.29) is 11.9 Å². The maximum Gasteiger partial charge on any atom is 0.123 e. The number of aliphatic hydroxyl groups excluding tert-OH is 1. The van der Waals surface area contributed by atoms with Gasteiger partial charge in [-0.25, -0.2) is 4.39 Å². The van der Waals surface area contributed by atoms with Crippen LogP contribution in [0.25, 0.3) is 0 Å². The maximum absolute atomic E-state index is 12.8. The summed E-state index contributed by atoms with van der Waals surface area (Å²) >= 11 is 0. The van der Waals surface area contributed by atoms with Crippen molar-refractivity contribution in [3.05, 3.63) is 35.6 Å². The molecule has 0 aromatic heterocycles. The SMILES string of the molecule is CCC(O)CNC1CC(c2ccc(F)cc2)C1. The average Bonchev–Trinajstić information content (AvgIpc) is 2.29. The van der Waals surface area contributed by atoms with Crippen LogP contribution in [0.15, 0.2) is 24.3 Å². The van der Waals surface area contributed by atoms with Crippen molar-refractivity contribution < 1.29 is 9.50 Å². The van der Waals surface area contributed by atoms with Crippen LogP contribution in [-0.2, 0) is 0 Å². The molecule has 1 atom stereocenters. The molecule has 0 radical (unpaired) electrons. The van der Waals surface area contributed by atoms with Gasteiger partial charge in [0.25, 0.3) is 0 Å². The number of benzene rings is 1. The zero-order chi connectivity index (χ0) is 12.3. The second-order valence-electron chi connectivity index (χ2n) is 4.89. The molecule has 3 heteroatoms. The van der Waals surface area contributed by atoms with Crippen molar-refractivity contribution in [2.75, 3.05) is 6.54 Å². The minimum Gasteiger partial charge on any atom is -0.392 e. The van der Waals surface area contributed by atoms with Gasteiger partial charge in [-0.15, -0.1) is 0 Å². The van der Waals surface area contributed by atoms with Gasteiger partial charge < -0.3 is 10.4 Å². The van der Waals surface area contributed by atoms with Crippen molar-refractivity contribution in [1.29, 1.82) is 0 Å². The lowest BCUT2D eigenvalue weighted by atomic mass is 9.76. The van der Waals surface area contributed by atoms with Gasteiger partial charge in [0.1, 0.15) is 5.82 Å². The number of nitrogens with one attached hydrogen (secondary N) is 1. The summed E-state index contributed by atoms with van der Waals surface area (Å²) in [6.45, 7) is 2.66. The van der Waals surface area contributed by atoms with Crippen molar-refractivity contribution in [3.8, 4) is 0 Å². The first-order valence-corrected chi connectivity index (χ1v) is 6.36. The summed E-state index contributed by atoms with van der Waals surface area (Å²) < 4.78 is 12.8. The van der Waals surface area contributed by atoms with Crippen molar-refractivity contribution in [2.24, 2.45) is 0 Å². The standard InChI is InChI=1S/C14H20FNO/c1-2-14(17)9-16-13-7-11(8-13)10-3-5-12(15)6-4-10/h3-6,11,13-14,16-17H,2,7-9H2,1H3. The first kappa shape index (κ1) is 12.5. The van der Waals surface area contributed by atoms with E-state index in [0.29, 0.717) is 18.5 Å². The Bertz CT molecular complexity index is 346. The monoisotopic (exact) mass is 237 g/mol. The molecular formula is C14H20FNO. The minimum atomic E-state index is -0.236. The fourth-order valence-electron chi connectivity index (χ4n) is 2.24. The number of halogens is 1. The van der Waals surface area contributed by atoms with Gasteiger partial charge in [0.05, 0.1) is 6.10 Å². The number of aliphatic hydroxyl groups is 1. The fourth-order valence-corrected chi connectivity index (χ4v) is 2.24. The normalized spacial score (nSPS) is 25.4. The molecule has 1 aliphatic carbocycles. The Morgan fingerprint density at radius 1 is 1.35 bits per heavy atom. The highest BCUT2D eigenvalue weighted by Gasteiger charge is 2.29. The molecule has 94 valence electrons. The highest BCUT2D eigenvalue weighted by atomic mass is 19.1. The smallest absolute Gasteiger partial charge is 0.123 e. The van der Waals surface area contributed by atoms with E-state index < -0.39 is 0 Å². The first-order valence-electron chi connectivity index (χ1n) is 6.36. The highest BCUT2D eigenvalue weighted by Crippen LogP contribution is 2.36. The fraction of sp³-hybridized carbons (Fsp3) is 0.571. The lowest BCUT2D eigenvalue weighted by Gasteiger charge is -2.36. The van der Waals surface area contributed by atoms with E-state index in [9.17, 15) is 9.50 Å². The van der Waals surface area contributed by atoms with Crippen LogP contribution in [0.1, 0.15) is 37.7 Å². The zero-order valence-electron chi connectivity index (χ0n) is 10.2. The van der Waals surface area contributed by atoms with Crippen molar-refractivity contribution >= 4 is 0 Å². The summed E-state index contributed by atoms with van der Waals surface area (Å²) in [5.74, 6) is 0.376. The second kappa shape index (κ2) is 5.61. The minimum absolute atomic E-state index is 0.172. The molecule has 0 heterocycles. The van der Waals surface area contributed by atoms with Crippen molar-refractivity contribution in [1.82, 2.24) is 5.32 Å². The predicted molar refractivity (Wildman–Crippen MR) is 66.5 cm³/mol. The molecule has 2 N–H and O–H groups in total. The van der Waals surface area contributed by atoms with Crippen molar-refractivity contribution in [3.63, 3.8) is 0 Å². The Morgan fingerprint density at radius 3 is 2.59 bits per heavy atom. The van der Waals surface area contributed by atoms with E-state index in [1.807, 2.05) is 19.1 Å². The summed E-state index contributed by atoms with van der Waals surface area (Å²) in [7, 11) is 0. The summed E-state index contributed by atoms with van der Waals surface area (Å²) in [6, 6.07) is 7.30. The molecule has 0 spiro atoms. The lowest BCUT2D eigenvalue weighted by molar-refractivity contribution is 0.151. The van der Waals surface area contributed by atoms with Crippen LogP contribution in [0.4, 0.5) is 4.39 Å². The lowest BCUT2D eigenvalue weighted by Crippen LogP contribution is -2.43. The van der Waals surface area contributed by atoms with Gasteiger partial charge in [-0.3, -0.25) is 0 Å². The van der Waals surface area contributed by atoms with Gasteiger partial charge in [0.15, 0.2) is 0 Å².